The minimum absolute atomic E-state index is 0.0243. The minimum atomic E-state index is -0.132. The highest BCUT2D eigenvalue weighted by Crippen LogP contribution is 2.42. The molecule has 0 bridgehead atoms. The third kappa shape index (κ3) is 2.35. The molecule has 0 fully saturated rings. The Hall–Kier alpha value is -1.15. The van der Waals surface area contributed by atoms with Gasteiger partial charge in [-0.05, 0) is 56.2 Å². The summed E-state index contributed by atoms with van der Waals surface area (Å²) in [5.74, 6) is 0.305. The van der Waals surface area contributed by atoms with Crippen LogP contribution in [0.4, 0.5) is 4.39 Å². The van der Waals surface area contributed by atoms with Crippen molar-refractivity contribution < 1.29 is 4.39 Å². The molecule has 1 aliphatic rings. The Morgan fingerprint density at radius 3 is 2.72 bits per heavy atom. The minimum Gasteiger partial charge on any atom is -0.309 e. The molecule has 0 saturated heterocycles. The van der Waals surface area contributed by atoms with Gasteiger partial charge in [-0.15, -0.1) is 0 Å². The number of fused-ring (bicyclic) bond motifs is 1. The van der Waals surface area contributed by atoms with E-state index in [1.54, 1.807) is 12.1 Å². The molecule has 1 aromatic rings. The van der Waals surface area contributed by atoms with E-state index in [0.29, 0.717) is 5.92 Å². The predicted octanol–water partition coefficient (Wildman–Crippen LogP) is 3.70. The van der Waals surface area contributed by atoms with Gasteiger partial charge in [0.05, 0.1) is 0 Å². The fraction of sp³-hybridized carbons (Fsp3) is 0.500. The zero-order valence-electron chi connectivity index (χ0n) is 11.7. The van der Waals surface area contributed by atoms with Gasteiger partial charge in [0, 0.05) is 5.41 Å². The van der Waals surface area contributed by atoms with Crippen LogP contribution in [0.2, 0.25) is 0 Å². The van der Waals surface area contributed by atoms with Gasteiger partial charge in [-0.25, -0.2) is 4.39 Å². The molecule has 0 N–H and O–H groups in total. The van der Waals surface area contributed by atoms with Gasteiger partial charge in [-0.3, -0.25) is 0 Å². The highest BCUT2D eigenvalue weighted by atomic mass is 19.1. The fourth-order valence-corrected chi connectivity index (χ4v) is 2.69. The molecule has 0 radical (unpaired) electrons. The van der Waals surface area contributed by atoms with E-state index in [9.17, 15) is 4.39 Å². The van der Waals surface area contributed by atoms with Crippen molar-refractivity contribution in [3.8, 4) is 0 Å². The standard InChI is InChI=1S/C16H22FN/c1-12-5-6-13-7-8-14(17)11-15(13)16(12,2)9-10-18(3)4/h5-8,11-12H,9-10H2,1-4H3/t12-,16+/m1/s1. The Morgan fingerprint density at radius 2 is 2.06 bits per heavy atom. The Bertz CT molecular complexity index is 464. The van der Waals surface area contributed by atoms with Crippen molar-refractivity contribution in [2.75, 3.05) is 20.6 Å². The van der Waals surface area contributed by atoms with E-state index in [1.807, 2.05) is 6.07 Å². The molecule has 1 aromatic carbocycles. The van der Waals surface area contributed by atoms with Crippen molar-refractivity contribution in [3.63, 3.8) is 0 Å². The summed E-state index contributed by atoms with van der Waals surface area (Å²) in [5, 5.41) is 0. The lowest BCUT2D eigenvalue weighted by molar-refractivity contribution is 0.282. The van der Waals surface area contributed by atoms with E-state index >= 15 is 0 Å². The van der Waals surface area contributed by atoms with Crippen LogP contribution in [0.5, 0.6) is 0 Å². The molecule has 0 unspecified atom stereocenters. The SMILES string of the molecule is C[C@@H]1C=Cc2ccc(F)cc2[C@@]1(C)CCN(C)C. The van der Waals surface area contributed by atoms with Crippen molar-refractivity contribution in [1.82, 2.24) is 4.90 Å². The molecule has 0 spiro atoms. The van der Waals surface area contributed by atoms with Crippen LogP contribution in [-0.4, -0.2) is 25.5 Å². The number of allylic oxidation sites excluding steroid dienone is 1. The van der Waals surface area contributed by atoms with Gasteiger partial charge in [-0.2, -0.15) is 0 Å². The molecule has 0 amide bonds. The molecule has 1 aliphatic carbocycles. The van der Waals surface area contributed by atoms with Gasteiger partial charge < -0.3 is 4.90 Å². The lowest BCUT2D eigenvalue weighted by Gasteiger charge is -2.39. The average Bonchev–Trinajstić information content (AvgIpc) is 2.32. The van der Waals surface area contributed by atoms with Gasteiger partial charge in [0.25, 0.3) is 0 Å². The molecule has 2 atom stereocenters. The van der Waals surface area contributed by atoms with E-state index in [0.717, 1.165) is 24.1 Å². The zero-order valence-corrected chi connectivity index (χ0v) is 11.7. The summed E-state index contributed by atoms with van der Waals surface area (Å²) in [6, 6.07) is 5.15. The largest absolute Gasteiger partial charge is 0.309 e. The first-order valence-corrected chi connectivity index (χ1v) is 6.56. The van der Waals surface area contributed by atoms with Crippen molar-refractivity contribution in [1.29, 1.82) is 0 Å². The maximum Gasteiger partial charge on any atom is 0.123 e. The first kappa shape index (κ1) is 13.3. The van der Waals surface area contributed by atoms with Crippen LogP contribution in [0.25, 0.3) is 6.08 Å². The Balaban J connectivity index is 2.40. The van der Waals surface area contributed by atoms with E-state index in [1.165, 1.54) is 0 Å². The maximum atomic E-state index is 13.5. The Morgan fingerprint density at radius 1 is 1.33 bits per heavy atom. The van der Waals surface area contributed by atoms with Crippen LogP contribution in [0.15, 0.2) is 24.3 Å². The second-order valence-electron chi connectivity index (χ2n) is 5.85. The number of hydrogen-bond donors (Lipinski definition) is 0. The van der Waals surface area contributed by atoms with Gasteiger partial charge in [0.15, 0.2) is 0 Å². The first-order chi connectivity index (χ1) is 8.43. The monoisotopic (exact) mass is 247 g/mol. The van der Waals surface area contributed by atoms with E-state index in [4.69, 9.17) is 0 Å². The summed E-state index contributed by atoms with van der Waals surface area (Å²) in [7, 11) is 4.17. The number of hydrogen-bond acceptors (Lipinski definition) is 1. The fourth-order valence-electron chi connectivity index (χ4n) is 2.69. The molecule has 98 valence electrons. The number of rotatable bonds is 3. The molecule has 0 aliphatic heterocycles. The predicted molar refractivity (Wildman–Crippen MR) is 75.1 cm³/mol. The summed E-state index contributed by atoms with van der Waals surface area (Å²) in [6.07, 6.45) is 5.41. The Kier molecular flexibility index (Phi) is 3.58. The number of nitrogens with zero attached hydrogens (tertiary/aromatic N) is 1. The highest BCUT2D eigenvalue weighted by Gasteiger charge is 2.35. The second-order valence-corrected chi connectivity index (χ2v) is 5.85. The van der Waals surface area contributed by atoms with Crippen LogP contribution in [0, 0.1) is 11.7 Å². The number of benzene rings is 1. The lowest BCUT2D eigenvalue weighted by atomic mass is 9.66. The Labute approximate surface area is 109 Å². The average molecular weight is 247 g/mol. The van der Waals surface area contributed by atoms with E-state index < -0.39 is 0 Å². The highest BCUT2D eigenvalue weighted by molar-refractivity contribution is 5.60. The summed E-state index contributed by atoms with van der Waals surface area (Å²) in [4.78, 5) is 2.19. The summed E-state index contributed by atoms with van der Waals surface area (Å²) in [6.45, 7) is 5.49. The molecular weight excluding hydrogens is 225 g/mol. The molecule has 18 heavy (non-hydrogen) atoms. The van der Waals surface area contributed by atoms with Crippen LogP contribution >= 0.6 is 0 Å². The smallest absolute Gasteiger partial charge is 0.123 e. The summed E-state index contributed by atoms with van der Waals surface area (Å²) >= 11 is 0. The van der Waals surface area contributed by atoms with Crippen LogP contribution in [-0.2, 0) is 5.41 Å². The maximum absolute atomic E-state index is 13.5. The van der Waals surface area contributed by atoms with Gasteiger partial charge in [-0.1, -0.05) is 32.1 Å². The zero-order chi connectivity index (χ0) is 13.3. The molecule has 1 nitrogen and oxygen atoms in total. The second kappa shape index (κ2) is 4.85. The normalized spacial score (nSPS) is 26.4. The quantitative estimate of drug-likeness (QED) is 0.787. The van der Waals surface area contributed by atoms with Gasteiger partial charge in [0.2, 0.25) is 0 Å². The topological polar surface area (TPSA) is 3.24 Å². The van der Waals surface area contributed by atoms with Crippen molar-refractivity contribution >= 4 is 6.08 Å². The van der Waals surface area contributed by atoms with Gasteiger partial charge in [0.1, 0.15) is 5.82 Å². The third-order valence-electron chi connectivity index (χ3n) is 4.28. The molecule has 0 aromatic heterocycles. The number of halogens is 1. The van der Waals surface area contributed by atoms with Crippen molar-refractivity contribution in [2.45, 2.75) is 25.7 Å². The molecular formula is C16H22FN. The third-order valence-corrected chi connectivity index (χ3v) is 4.28. The van der Waals surface area contributed by atoms with Crippen LogP contribution in [0.3, 0.4) is 0 Å². The van der Waals surface area contributed by atoms with Gasteiger partial charge >= 0.3 is 0 Å². The summed E-state index contributed by atoms with van der Waals surface area (Å²) < 4.78 is 13.5. The van der Waals surface area contributed by atoms with Crippen LogP contribution < -0.4 is 0 Å². The van der Waals surface area contributed by atoms with E-state index in [-0.39, 0.29) is 11.2 Å². The van der Waals surface area contributed by atoms with Crippen molar-refractivity contribution in [3.05, 3.63) is 41.2 Å². The lowest BCUT2D eigenvalue weighted by Crippen LogP contribution is -2.35. The molecule has 0 saturated carbocycles. The first-order valence-electron chi connectivity index (χ1n) is 6.56. The molecule has 2 rings (SSSR count). The molecule has 0 heterocycles. The summed E-state index contributed by atoms with van der Waals surface area (Å²) in [5.41, 5.74) is 2.34. The van der Waals surface area contributed by atoms with E-state index in [2.05, 4.69) is 45.0 Å². The molecule has 2 heteroatoms. The van der Waals surface area contributed by atoms with Crippen LogP contribution in [0.1, 0.15) is 31.4 Å². The van der Waals surface area contributed by atoms with Crippen molar-refractivity contribution in [2.24, 2.45) is 5.92 Å².